The lowest BCUT2D eigenvalue weighted by molar-refractivity contribution is -0.125. The zero-order chi connectivity index (χ0) is 22.0. The van der Waals surface area contributed by atoms with E-state index in [0.29, 0.717) is 19.8 Å². The fraction of sp³-hybridized carbons (Fsp3) is 0.652. The number of carbonyl (C=O) groups is 2. The number of amides is 3. The fourth-order valence-corrected chi connectivity index (χ4v) is 3.46. The van der Waals surface area contributed by atoms with Crippen molar-refractivity contribution in [1.82, 2.24) is 20.9 Å². The third-order valence-electron chi connectivity index (χ3n) is 5.12. The van der Waals surface area contributed by atoms with Gasteiger partial charge in [0, 0.05) is 31.6 Å². The maximum Gasteiger partial charge on any atom is 0.315 e. The maximum absolute atomic E-state index is 12.3. The minimum absolute atomic E-state index is 0.00534. The van der Waals surface area contributed by atoms with Crippen LogP contribution in [0.3, 0.4) is 0 Å². The number of ether oxygens (including phenoxy) is 1. The summed E-state index contributed by atoms with van der Waals surface area (Å²) >= 11 is 0. The van der Waals surface area contributed by atoms with E-state index in [0.717, 1.165) is 38.0 Å². The number of nitrogens with one attached hydrogen (secondary N) is 3. The topological polar surface area (TPSA) is 82.7 Å². The molecule has 2 rings (SSSR count). The first-order valence-corrected chi connectivity index (χ1v) is 11.0. The van der Waals surface area contributed by atoms with E-state index in [-0.39, 0.29) is 23.9 Å². The number of urea groups is 1. The maximum atomic E-state index is 12.3. The number of hydrogen-bond acceptors (Lipinski definition) is 4. The van der Waals surface area contributed by atoms with Crippen LogP contribution >= 0.6 is 0 Å². The molecule has 1 atom stereocenters. The Kier molecular flexibility index (Phi) is 9.59. The van der Waals surface area contributed by atoms with Crippen molar-refractivity contribution in [3.8, 4) is 0 Å². The molecular weight excluding hydrogens is 380 g/mol. The molecule has 30 heavy (non-hydrogen) atoms. The molecule has 168 valence electrons. The number of rotatable bonds is 10. The number of benzene rings is 1. The van der Waals surface area contributed by atoms with Crippen LogP contribution in [-0.4, -0.2) is 61.2 Å². The van der Waals surface area contributed by atoms with Gasteiger partial charge in [0.25, 0.3) is 0 Å². The molecule has 7 heteroatoms. The van der Waals surface area contributed by atoms with Crippen LogP contribution in [0, 0.1) is 5.92 Å². The van der Waals surface area contributed by atoms with Gasteiger partial charge in [-0.3, -0.25) is 9.69 Å². The smallest absolute Gasteiger partial charge is 0.315 e. The van der Waals surface area contributed by atoms with Gasteiger partial charge in [0.15, 0.2) is 0 Å². The van der Waals surface area contributed by atoms with Gasteiger partial charge >= 0.3 is 6.03 Å². The van der Waals surface area contributed by atoms with Crippen molar-refractivity contribution < 1.29 is 14.3 Å². The number of likely N-dealkylation sites (tertiary alicyclic amines) is 1. The van der Waals surface area contributed by atoms with Crippen LogP contribution in [0.2, 0.25) is 0 Å². The summed E-state index contributed by atoms with van der Waals surface area (Å²) in [6.45, 7) is 11.8. The Labute approximate surface area is 180 Å². The summed E-state index contributed by atoms with van der Waals surface area (Å²) in [4.78, 5) is 26.5. The van der Waals surface area contributed by atoms with Crippen molar-refractivity contribution in [3.63, 3.8) is 0 Å². The van der Waals surface area contributed by atoms with Crippen LogP contribution in [0.25, 0.3) is 0 Å². The number of carbonyl (C=O) groups excluding carboxylic acids is 2. The average Bonchev–Trinajstić information content (AvgIpc) is 2.68. The first kappa shape index (κ1) is 24.2. The first-order chi connectivity index (χ1) is 14.2. The molecule has 1 aromatic carbocycles. The molecule has 0 radical (unpaired) electrons. The second kappa shape index (κ2) is 11.9. The molecule has 1 saturated heterocycles. The van der Waals surface area contributed by atoms with Gasteiger partial charge in [-0.1, -0.05) is 44.2 Å². The molecule has 0 bridgehead atoms. The van der Waals surface area contributed by atoms with Gasteiger partial charge < -0.3 is 20.7 Å². The third-order valence-corrected chi connectivity index (χ3v) is 5.12. The lowest BCUT2D eigenvalue weighted by Gasteiger charge is -2.33. The van der Waals surface area contributed by atoms with Crippen LogP contribution in [0.5, 0.6) is 0 Å². The third kappa shape index (κ3) is 9.13. The molecule has 3 N–H and O–H groups in total. The van der Waals surface area contributed by atoms with Gasteiger partial charge in [-0.25, -0.2) is 4.79 Å². The second-order valence-corrected chi connectivity index (χ2v) is 9.05. The Balaban J connectivity index is 1.63. The van der Waals surface area contributed by atoms with Crippen LogP contribution in [-0.2, 0) is 16.1 Å². The molecule has 0 aliphatic carbocycles. The largest absolute Gasteiger partial charge is 0.374 e. The molecule has 1 unspecified atom stereocenters. The van der Waals surface area contributed by atoms with Crippen molar-refractivity contribution in [2.24, 2.45) is 5.92 Å². The summed E-state index contributed by atoms with van der Waals surface area (Å²) in [5, 5.41) is 9.03. The molecule has 1 aromatic rings. The molecule has 1 aliphatic heterocycles. The zero-order valence-electron chi connectivity index (χ0n) is 18.9. The summed E-state index contributed by atoms with van der Waals surface area (Å²) in [5.74, 6) is 0.113. The van der Waals surface area contributed by atoms with E-state index < -0.39 is 5.54 Å². The number of hydrogen-bond donors (Lipinski definition) is 3. The highest BCUT2D eigenvalue weighted by Crippen LogP contribution is 2.10. The molecule has 1 heterocycles. The summed E-state index contributed by atoms with van der Waals surface area (Å²) in [7, 11) is 0. The Bertz CT molecular complexity index is 664. The number of piperidine rings is 1. The summed E-state index contributed by atoms with van der Waals surface area (Å²) in [6, 6.07) is 9.99. The molecule has 0 spiro atoms. The highest BCUT2D eigenvalue weighted by molar-refractivity contribution is 5.78. The Hall–Kier alpha value is -2.12. The predicted octanol–water partition coefficient (Wildman–Crippen LogP) is 2.52. The number of nitrogens with zero attached hydrogens (tertiary/aromatic N) is 1. The summed E-state index contributed by atoms with van der Waals surface area (Å²) in [6.07, 6.45) is 2.07. The minimum atomic E-state index is -0.462. The monoisotopic (exact) mass is 418 g/mol. The van der Waals surface area contributed by atoms with Crippen LogP contribution < -0.4 is 16.0 Å². The molecule has 0 aromatic heterocycles. The van der Waals surface area contributed by atoms with E-state index in [4.69, 9.17) is 4.74 Å². The normalized spacial score (nSPS) is 17.6. The first-order valence-electron chi connectivity index (χ1n) is 11.0. The van der Waals surface area contributed by atoms with Gasteiger partial charge in [-0.05, 0) is 38.8 Å². The SMILES string of the molecule is CC(C)C(=O)NC1CCCN(CCNC(=O)NC(C)(C)COCc2ccccc2)C1. The van der Waals surface area contributed by atoms with Gasteiger partial charge in [-0.15, -0.1) is 0 Å². The molecular formula is C23H38N4O3. The summed E-state index contributed by atoms with van der Waals surface area (Å²) < 4.78 is 5.76. The lowest BCUT2D eigenvalue weighted by atomic mass is 10.0. The van der Waals surface area contributed by atoms with Crippen LogP contribution in [0.4, 0.5) is 4.79 Å². The van der Waals surface area contributed by atoms with E-state index in [9.17, 15) is 9.59 Å². The molecule has 1 fully saturated rings. The van der Waals surface area contributed by atoms with E-state index in [1.807, 2.05) is 58.0 Å². The zero-order valence-corrected chi connectivity index (χ0v) is 18.9. The Morgan fingerprint density at radius 3 is 2.67 bits per heavy atom. The van der Waals surface area contributed by atoms with E-state index >= 15 is 0 Å². The van der Waals surface area contributed by atoms with Gasteiger partial charge in [0.1, 0.15) is 0 Å². The highest BCUT2D eigenvalue weighted by atomic mass is 16.5. The second-order valence-electron chi connectivity index (χ2n) is 9.05. The molecule has 1 aliphatic rings. The van der Waals surface area contributed by atoms with Gasteiger partial charge in [-0.2, -0.15) is 0 Å². The van der Waals surface area contributed by atoms with Crippen molar-refractivity contribution in [3.05, 3.63) is 35.9 Å². The van der Waals surface area contributed by atoms with Crippen molar-refractivity contribution in [1.29, 1.82) is 0 Å². The molecule has 0 saturated carbocycles. The quantitative estimate of drug-likeness (QED) is 0.545. The highest BCUT2D eigenvalue weighted by Gasteiger charge is 2.23. The predicted molar refractivity (Wildman–Crippen MR) is 119 cm³/mol. The van der Waals surface area contributed by atoms with Crippen molar-refractivity contribution in [2.45, 2.75) is 58.7 Å². The Morgan fingerprint density at radius 2 is 1.97 bits per heavy atom. The van der Waals surface area contributed by atoms with Crippen molar-refractivity contribution >= 4 is 11.9 Å². The fourth-order valence-electron chi connectivity index (χ4n) is 3.46. The van der Waals surface area contributed by atoms with Gasteiger partial charge in [0.05, 0.1) is 18.8 Å². The van der Waals surface area contributed by atoms with Crippen LogP contribution in [0.1, 0.15) is 46.1 Å². The van der Waals surface area contributed by atoms with E-state index in [1.165, 1.54) is 0 Å². The lowest BCUT2D eigenvalue weighted by Crippen LogP contribution is -2.53. The summed E-state index contributed by atoms with van der Waals surface area (Å²) in [5.41, 5.74) is 0.651. The molecule has 3 amide bonds. The molecule has 7 nitrogen and oxygen atoms in total. The average molecular weight is 419 g/mol. The standard InChI is InChI=1S/C23H38N4O3/c1-18(2)21(28)25-20-11-8-13-27(15-20)14-12-24-22(29)26-23(3,4)17-30-16-19-9-6-5-7-10-19/h5-7,9-10,18,20H,8,11-17H2,1-4H3,(H,25,28)(H2,24,26,29). The van der Waals surface area contributed by atoms with Crippen LogP contribution in [0.15, 0.2) is 30.3 Å². The van der Waals surface area contributed by atoms with E-state index in [2.05, 4.69) is 20.9 Å². The van der Waals surface area contributed by atoms with Gasteiger partial charge in [0.2, 0.25) is 5.91 Å². The van der Waals surface area contributed by atoms with E-state index in [1.54, 1.807) is 0 Å². The minimum Gasteiger partial charge on any atom is -0.374 e. The Morgan fingerprint density at radius 1 is 1.23 bits per heavy atom. The van der Waals surface area contributed by atoms with Crippen molar-refractivity contribution in [2.75, 3.05) is 32.8 Å².